The maximum atomic E-state index is 13.1. The van der Waals surface area contributed by atoms with Gasteiger partial charge in [0, 0.05) is 30.4 Å². The van der Waals surface area contributed by atoms with Crippen LogP contribution in [0.5, 0.6) is 0 Å². The maximum absolute atomic E-state index is 13.1. The lowest BCUT2D eigenvalue weighted by molar-refractivity contribution is -0.139. The van der Waals surface area contributed by atoms with E-state index in [4.69, 9.17) is 0 Å². The first-order chi connectivity index (χ1) is 14.0. The highest BCUT2D eigenvalue weighted by Crippen LogP contribution is 2.31. The standard InChI is InChI=1S/C20H19N3O4S2/c24-19(22-13-15-6-4-10-21-12-15)20(25)23-14-18(17-9-5-11-28-17)29(26,27)16-7-2-1-3-8-16/h1-12,18H,13-14H2,(H,22,24)(H,23,25)/t18-/m0/s1. The number of amides is 2. The average Bonchev–Trinajstić information content (AvgIpc) is 3.27. The summed E-state index contributed by atoms with van der Waals surface area (Å²) in [5, 5.41) is 5.72. The van der Waals surface area contributed by atoms with Crippen LogP contribution in [0.15, 0.2) is 77.3 Å². The van der Waals surface area contributed by atoms with Crippen molar-refractivity contribution in [1.29, 1.82) is 0 Å². The SMILES string of the molecule is O=C(NCc1cccnc1)C(=O)NC[C@@H](c1cccs1)S(=O)(=O)c1ccccc1. The summed E-state index contributed by atoms with van der Waals surface area (Å²) in [4.78, 5) is 28.9. The number of nitrogens with zero attached hydrogens (tertiary/aromatic N) is 1. The molecule has 2 N–H and O–H groups in total. The summed E-state index contributed by atoms with van der Waals surface area (Å²) in [5.74, 6) is -1.73. The quantitative estimate of drug-likeness (QED) is 0.560. The third-order valence-electron chi connectivity index (χ3n) is 4.14. The highest BCUT2D eigenvalue weighted by molar-refractivity contribution is 7.91. The molecule has 0 aliphatic rings. The third kappa shape index (κ3) is 5.27. The number of benzene rings is 1. The molecule has 3 aromatic rings. The Kier molecular flexibility index (Phi) is 6.73. The van der Waals surface area contributed by atoms with Crippen molar-refractivity contribution in [3.05, 3.63) is 82.8 Å². The van der Waals surface area contributed by atoms with E-state index in [9.17, 15) is 18.0 Å². The molecule has 2 heterocycles. The van der Waals surface area contributed by atoms with Crippen molar-refractivity contribution < 1.29 is 18.0 Å². The molecule has 0 radical (unpaired) electrons. The van der Waals surface area contributed by atoms with E-state index in [2.05, 4.69) is 15.6 Å². The van der Waals surface area contributed by atoms with E-state index in [-0.39, 0.29) is 18.0 Å². The van der Waals surface area contributed by atoms with Gasteiger partial charge in [0.1, 0.15) is 5.25 Å². The molecular formula is C20H19N3O4S2. The molecule has 1 aromatic carbocycles. The van der Waals surface area contributed by atoms with Crippen LogP contribution in [0.3, 0.4) is 0 Å². The summed E-state index contributed by atoms with van der Waals surface area (Å²) in [7, 11) is -3.74. The lowest BCUT2D eigenvalue weighted by Gasteiger charge is -2.17. The Morgan fingerprint density at radius 2 is 1.72 bits per heavy atom. The van der Waals surface area contributed by atoms with E-state index in [0.29, 0.717) is 4.88 Å². The van der Waals surface area contributed by atoms with Gasteiger partial charge in [0.05, 0.1) is 4.90 Å². The van der Waals surface area contributed by atoms with Crippen molar-refractivity contribution in [2.24, 2.45) is 0 Å². The summed E-state index contributed by atoms with van der Waals surface area (Å²) in [6.45, 7) is -0.0619. The number of hydrogen-bond donors (Lipinski definition) is 2. The maximum Gasteiger partial charge on any atom is 0.309 e. The predicted molar refractivity (Wildman–Crippen MR) is 110 cm³/mol. The Bertz CT molecular complexity index is 1050. The number of sulfone groups is 1. The number of aromatic nitrogens is 1. The molecule has 150 valence electrons. The van der Waals surface area contributed by atoms with Gasteiger partial charge in [0.15, 0.2) is 9.84 Å². The molecule has 0 fully saturated rings. The van der Waals surface area contributed by atoms with Crippen molar-refractivity contribution in [3.63, 3.8) is 0 Å². The molecule has 3 rings (SSSR count). The predicted octanol–water partition coefficient (Wildman–Crippen LogP) is 2.09. The van der Waals surface area contributed by atoms with E-state index >= 15 is 0 Å². The van der Waals surface area contributed by atoms with Gasteiger partial charge in [0.25, 0.3) is 0 Å². The van der Waals surface area contributed by atoms with E-state index in [1.54, 1.807) is 60.2 Å². The summed E-state index contributed by atoms with van der Waals surface area (Å²) < 4.78 is 26.1. The minimum Gasteiger partial charge on any atom is -0.346 e. The Morgan fingerprint density at radius 1 is 0.966 bits per heavy atom. The Balaban J connectivity index is 1.67. The smallest absolute Gasteiger partial charge is 0.309 e. The number of hydrogen-bond acceptors (Lipinski definition) is 6. The monoisotopic (exact) mass is 429 g/mol. The van der Waals surface area contributed by atoms with Gasteiger partial charge in [-0.05, 0) is 35.2 Å². The average molecular weight is 430 g/mol. The minimum atomic E-state index is -3.74. The molecule has 9 heteroatoms. The van der Waals surface area contributed by atoms with E-state index in [1.165, 1.54) is 23.5 Å². The zero-order chi connectivity index (χ0) is 20.7. The number of carbonyl (C=O) groups is 2. The zero-order valence-electron chi connectivity index (χ0n) is 15.3. The molecule has 0 bridgehead atoms. The second kappa shape index (κ2) is 9.44. The molecular weight excluding hydrogens is 410 g/mol. The fraction of sp³-hybridized carbons (Fsp3) is 0.150. The molecule has 1 atom stereocenters. The van der Waals surface area contributed by atoms with Crippen LogP contribution >= 0.6 is 11.3 Å². The van der Waals surface area contributed by atoms with Gasteiger partial charge in [-0.1, -0.05) is 30.3 Å². The van der Waals surface area contributed by atoms with Crippen molar-refractivity contribution >= 4 is 33.0 Å². The largest absolute Gasteiger partial charge is 0.346 e. The van der Waals surface area contributed by atoms with E-state index in [1.807, 2.05) is 0 Å². The number of nitrogens with one attached hydrogen (secondary N) is 2. The summed E-state index contributed by atoms with van der Waals surface area (Å²) in [5.41, 5.74) is 0.747. The Labute approximate surface area is 172 Å². The second-order valence-electron chi connectivity index (χ2n) is 6.12. The van der Waals surface area contributed by atoms with Gasteiger partial charge in [-0.25, -0.2) is 8.42 Å². The van der Waals surface area contributed by atoms with Crippen molar-refractivity contribution in [2.45, 2.75) is 16.7 Å². The van der Waals surface area contributed by atoms with Gasteiger partial charge >= 0.3 is 11.8 Å². The molecule has 0 saturated heterocycles. The van der Waals surface area contributed by atoms with Crippen LogP contribution in [0, 0.1) is 0 Å². The van der Waals surface area contributed by atoms with Gasteiger partial charge in [-0.3, -0.25) is 14.6 Å². The Hall–Kier alpha value is -3.04. The first-order valence-corrected chi connectivity index (χ1v) is 11.2. The number of thiophene rings is 1. The third-order valence-corrected chi connectivity index (χ3v) is 7.37. The molecule has 0 aliphatic heterocycles. The van der Waals surface area contributed by atoms with Gasteiger partial charge in [0.2, 0.25) is 0 Å². The number of rotatable bonds is 7. The van der Waals surface area contributed by atoms with Crippen LogP contribution < -0.4 is 10.6 Å². The van der Waals surface area contributed by atoms with Crippen molar-refractivity contribution in [1.82, 2.24) is 15.6 Å². The van der Waals surface area contributed by atoms with Gasteiger partial charge < -0.3 is 10.6 Å². The lowest BCUT2D eigenvalue weighted by atomic mass is 10.3. The van der Waals surface area contributed by atoms with E-state index in [0.717, 1.165) is 5.56 Å². The molecule has 2 amide bonds. The van der Waals surface area contributed by atoms with Crippen molar-refractivity contribution in [3.8, 4) is 0 Å². The molecule has 0 spiro atoms. The first kappa shape index (κ1) is 20.7. The molecule has 2 aromatic heterocycles. The van der Waals surface area contributed by atoms with Crippen LogP contribution in [-0.4, -0.2) is 31.8 Å². The fourth-order valence-electron chi connectivity index (χ4n) is 2.64. The summed E-state index contributed by atoms with van der Waals surface area (Å²) >= 11 is 1.28. The van der Waals surface area contributed by atoms with Gasteiger partial charge in [-0.2, -0.15) is 0 Å². The van der Waals surface area contributed by atoms with Crippen LogP contribution in [0.2, 0.25) is 0 Å². The second-order valence-corrected chi connectivity index (χ2v) is 9.23. The van der Waals surface area contributed by atoms with Crippen LogP contribution in [0.4, 0.5) is 0 Å². The van der Waals surface area contributed by atoms with E-state index < -0.39 is 26.9 Å². The number of pyridine rings is 1. The fourth-order valence-corrected chi connectivity index (χ4v) is 5.45. The number of carbonyl (C=O) groups excluding carboxylic acids is 2. The van der Waals surface area contributed by atoms with Crippen LogP contribution in [-0.2, 0) is 26.0 Å². The van der Waals surface area contributed by atoms with Crippen LogP contribution in [0.25, 0.3) is 0 Å². The Morgan fingerprint density at radius 3 is 2.38 bits per heavy atom. The normalized spacial score (nSPS) is 12.1. The zero-order valence-corrected chi connectivity index (χ0v) is 16.9. The summed E-state index contributed by atoms with van der Waals surface area (Å²) in [6, 6.07) is 15.0. The molecule has 0 unspecified atom stereocenters. The molecule has 29 heavy (non-hydrogen) atoms. The molecule has 0 saturated carbocycles. The molecule has 0 aliphatic carbocycles. The van der Waals surface area contributed by atoms with Crippen LogP contribution in [0.1, 0.15) is 15.7 Å². The van der Waals surface area contributed by atoms with Crippen molar-refractivity contribution in [2.75, 3.05) is 6.54 Å². The highest BCUT2D eigenvalue weighted by atomic mass is 32.2. The minimum absolute atomic E-state index is 0.150. The first-order valence-electron chi connectivity index (χ1n) is 8.76. The summed E-state index contributed by atoms with van der Waals surface area (Å²) in [6.07, 6.45) is 3.19. The highest BCUT2D eigenvalue weighted by Gasteiger charge is 2.31. The molecule has 7 nitrogen and oxygen atoms in total. The lowest BCUT2D eigenvalue weighted by Crippen LogP contribution is -2.42. The topological polar surface area (TPSA) is 105 Å². The van der Waals surface area contributed by atoms with Gasteiger partial charge in [-0.15, -0.1) is 11.3 Å².